The summed E-state index contributed by atoms with van der Waals surface area (Å²) in [7, 11) is 1.31. The zero-order valence-electron chi connectivity index (χ0n) is 14.7. The summed E-state index contributed by atoms with van der Waals surface area (Å²) in [5.41, 5.74) is 3.50. The Morgan fingerprint density at radius 3 is 2.73 bits per heavy atom. The van der Waals surface area contributed by atoms with E-state index in [0.717, 1.165) is 10.0 Å². The fraction of sp³-hybridized carbons (Fsp3) is 0.211. The fourth-order valence-corrected chi connectivity index (χ4v) is 3.47. The molecule has 134 valence electrons. The number of esters is 1. The van der Waals surface area contributed by atoms with E-state index in [2.05, 4.69) is 26.2 Å². The van der Waals surface area contributed by atoms with Crippen molar-refractivity contribution >= 4 is 39.1 Å². The first kappa shape index (κ1) is 18.1. The minimum atomic E-state index is -0.506. The number of imidazole rings is 1. The Morgan fingerprint density at radius 2 is 2.04 bits per heavy atom. The first-order valence-corrected chi connectivity index (χ1v) is 8.91. The van der Waals surface area contributed by atoms with Crippen LogP contribution in [-0.2, 0) is 11.2 Å². The highest BCUT2D eigenvalue weighted by Gasteiger charge is 2.21. The van der Waals surface area contributed by atoms with Gasteiger partial charge in [0.15, 0.2) is 5.65 Å². The number of carbonyl (C=O) groups excluding carboxylic acids is 2. The van der Waals surface area contributed by atoms with Crippen molar-refractivity contribution in [1.82, 2.24) is 9.38 Å². The number of amides is 1. The molecule has 3 aromatic rings. The Bertz CT molecular complexity index is 1010. The van der Waals surface area contributed by atoms with Gasteiger partial charge in [-0.15, -0.1) is 0 Å². The predicted octanol–water partition coefficient (Wildman–Crippen LogP) is 4.01. The zero-order valence-corrected chi connectivity index (χ0v) is 16.3. The molecule has 0 unspecified atom stereocenters. The standard InChI is InChI=1S/C19H18BrN3O3/c1-4-14-16(23-10-11(2)9-13(20)17(23)21-14)18(24)22-15-8-6-5-7-12(15)19(25)26-3/h5-10H,4H2,1-3H3,(H,22,24). The van der Waals surface area contributed by atoms with Crippen LogP contribution in [-0.4, -0.2) is 28.4 Å². The second-order valence-electron chi connectivity index (χ2n) is 5.81. The molecular formula is C19H18BrN3O3. The van der Waals surface area contributed by atoms with Crippen LogP contribution in [0.5, 0.6) is 0 Å². The molecule has 26 heavy (non-hydrogen) atoms. The molecule has 0 aliphatic heterocycles. The van der Waals surface area contributed by atoms with Crippen molar-refractivity contribution in [2.75, 3.05) is 12.4 Å². The summed E-state index contributed by atoms with van der Waals surface area (Å²) in [4.78, 5) is 29.5. The molecule has 6 nitrogen and oxygen atoms in total. The van der Waals surface area contributed by atoms with Crippen molar-refractivity contribution in [3.8, 4) is 0 Å². The van der Waals surface area contributed by atoms with E-state index in [1.54, 1.807) is 28.7 Å². The number of fused-ring (bicyclic) bond motifs is 1. The molecule has 0 radical (unpaired) electrons. The van der Waals surface area contributed by atoms with E-state index in [1.165, 1.54) is 7.11 Å². The number of carbonyl (C=O) groups is 2. The summed E-state index contributed by atoms with van der Waals surface area (Å²) in [6, 6.07) is 8.69. The molecule has 2 heterocycles. The van der Waals surface area contributed by atoms with E-state index in [1.807, 2.05) is 26.1 Å². The van der Waals surface area contributed by atoms with Crippen molar-refractivity contribution < 1.29 is 14.3 Å². The molecule has 1 amide bonds. The highest BCUT2D eigenvalue weighted by atomic mass is 79.9. The number of benzene rings is 1. The van der Waals surface area contributed by atoms with Gasteiger partial charge in [0.1, 0.15) is 5.69 Å². The number of aromatic nitrogens is 2. The van der Waals surface area contributed by atoms with Crippen molar-refractivity contribution in [3.05, 3.63) is 63.5 Å². The Labute approximate surface area is 159 Å². The van der Waals surface area contributed by atoms with Crippen LogP contribution < -0.4 is 5.32 Å². The second-order valence-corrected chi connectivity index (χ2v) is 6.67. The predicted molar refractivity (Wildman–Crippen MR) is 103 cm³/mol. The molecule has 0 atom stereocenters. The lowest BCUT2D eigenvalue weighted by Gasteiger charge is -2.10. The first-order chi connectivity index (χ1) is 12.5. The van der Waals surface area contributed by atoms with E-state index in [9.17, 15) is 9.59 Å². The average Bonchev–Trinajstić information content (AvgIpc) is 3.00. The minimum absolute atomic E-state index is 0.299. The number of para-hydroxylation sites is 1. The molecule has 0 bridgehead atoms. The summed E-state index contributed by atoms with van der Waals surface area (Å²) in [6.07, 6.45) is 2.47. The highest BCUT2D eigenvalue weighted by molar-refractivity contribution is 9.10. The first-order valence-electron chi connectivity index (χ1n) is 8.12. The molecule has 0 saturated heterocycles. The monoisotopic (exact) mass is 415 g/mol. The van der Waals surface area contributed by atoms with Gasteiger partial charge in [0.2, 0.25) is 0 Å². The van der Waals surface area contributed by atoms with Gasteiger partial charge in [-0.2, -0.15) is 0 Å². The lowest BCUT2D eigenvalue weighted by molar-refractivity contribution is 0.0602. The molecule has 0 aliphatic carbocycles. The van der Waals surface area contributed by atoms with E-state index in [4.69, 9.17) is 4.74 Å². The number of nitrogens with zero attached hydrogens (tertiary/aromatic N) is 2. The van der Waals surface area contributed by atoms with Crippen LogP contribution >= 0.6 is 15.9 Å². The van der Waals surface area contributed by atoms with E-state index in [0.29, 0.717) is 34.7 Å². The topological polar surface area (TPSA) is 72.7 Å². The smallest absolute Gasteiger partial charge is 0.339 e. The van der Waals surface area contributed by atoms with E-state index >= 15 is 0 Å². The molecule has 3 rings (SSSR count). The summed E-state index contributed by atoms with van der Waals surface area (Å²) in [5.74, 6) is -0.837. The van der Waals surface area contributed by atoms with Crippen LogP contribution in [0.15, 0.2) is 41.0 Å². The van der Waals surface area contributed by atoms with Crippen molar-refractivity contribution in [1.29, 1.82) is 0 Å². The third-order valence-corrected chi connectivity index (χ3v) is 4.60. The van der Waals surface area contributed by atoms with Crippen LogP contribution in [0, 0.1) is 6.92 Å². The number of hydrogen-bond acceptors (Lipinski definition) is 4. The van der Waals surface area contributed by atoms with Crippen LogP contribution in [0.2, 0.25) is 0 Å². The molecule has 0 saturated carbocycles. The Balaban J connectivity index is 2.08. The normalized spacial score (nSPS) is 10.8. The number of pyridine rings is 1. The Kier molecular flexibility index (Phi) is 5.08. The number of anilines is 1. The second kappa shape index (κ2) is 7.29. The molecule has 0 fully saturated rings. The lowest BCUT2D eigenvalue weighted by atomic mass is 10.1. The van der Waals surface area contributed by atoms with Gasteiger partial charge in [-0.3, -0.25) is 9.20 Å². The van der Waals surface area contributed by atoms with Gasteiger partial charge in [-0.25, -0.2) is 9.78 Å². The molecule has 7 heteroatoms. The van der Waals surface area contributed by atoms with Gasteiger partial charge in [0, 0.05) is 6.20 Å². The van der Waals surface area contributed by atoms with E-state index in [-0.39, 0.29) is 5.91 Å². The number of methoxy groups -OCH3 is 1. The third kappa shape index (κ3) is 3.22. The number of ether oxygens (including phenoxy) is 1. The lowest BCUT2D eigenvalue weighted by Crippen LogP contribution is -2.18. The minimum Gasteiger partial charge on any atom is -0.465 e. The van der Waals surface area contributed by atoms with Crippen molar-refractivity contribution in [3.63, 3.8) is 0 Å². The van der Waals surface area contributed by atoms with Crippen LogP contribution in [0.4, 0.5) is 5.69 Å². The van der Waals surface area contributed by atoms with Gasteiger partial charge in [0.25, 0.3) is 5.91 Å². The maximum Gasteiger partial charge on any atom is 0.339 e. The van der Waals surface area contributed by atoms with Crippen LogP contribution in [0.25, 0.3) is 5.65 Å². The van der Waals surface area contributed by atoms with Gasteiger partial charge in [-0.05, 0) is 53.0 Å². The van der Waals surface area contributed by atoms with Gasteiger partial charge in [0.05, 0.1) is 28.5 Å². The summed E-state index contributed by atoms with van der Waals surface area (Å²) in [5, 5.41) is 2.82. The molecule has 1 N–H and O–H groups in total. The number of aryl methyl sites for hydroxylation is 2. The van der Waals surface area contributed by atoms with Gasteiger partial charge < -0.3 is 10.1 Å². The van der Waals surface area contributed by atoms with Crippen molar-refractivity contribution in [2.24, 2.45) is 0 Å². The fourth-order valence-electron chi connectivity index (χ4n) is 2.83. The van der Waals surface area contributed by atoms with Gasteiger partial charge >= 0.3 is 5.97 Å². The number of rotatable bonds is 4. The molecule has 0 spiro atoms. The van der Waals surface area contributed by atoms with Crippen LogP contribution in [0.3, 0.4) is 0 Å². The molecule has 2 aromatic heterocycles. The van der Waals surface area contributed by atoms with Gasteiger partial charge in [-0.1, -0.05) is 19.1 Å². The summed E-state index contributed by atoms with van der Waals surface area (Å²) >= 11 is 3.50. The van der Waals surface area contributed by atoms with E-state index < -0.39 is 5.97 Å². The zero-order chi connectivity index (χ0) is 18.8. The number of nitrogens with one attached hydrogen (secondary N) is 1. The largest absolute Gasteiger partial charge is 0.465 e. The Morgan fingerprint density at radius 1 is 1.31 bits per heavy atom. The number of halogens is 1. The quantitative estimate of drug-likeness (QED) is 0.653. The number of hydrogen-bond donors (Lipinski definition) is 1. The maximum atomic E-state index is 13.0. The highest BCUT2D eigenvalue weighted by Crippen LogP contribution is 2.24. The summed E-state index contributed by atoms with van der Waals surface area (Å²) < 4.78 is 7.37. The van der Waals surface area contributed by atoms with Crippen LogP contribution in [0.1, 0.15) is 39.0 Å². The SMILES string of the molecule is CCc1nc2c(Br)cc(C)cn2c1C(=O)Nc1ccccc1C(=O)OC. The Hall–Kier alpha value is -2.67. The molecular weight excluding hydrogens is 398 g/mol. The maximum absolute atomic E-state index is 13.0. The molecule has 1 aromatic carbocycles. The third-order valence-electron chi connectivity index (χ3n) is 4.01. The average molecular weight is 416 g/mol. The van der Waals surface area contributed by atoms with Crippen molar-refractivity contribution in [2.45, 2.75) is 20.3 Å². The summed E-state index contributed by atoms with van der Waals surface area (Å²) in [6.45, 7) is 3.89. The molecule has 0 aliphatic rings.